The molecule has 0 bridgehead atoms. The molecule has 6 heteroatoms. The number of anilines is 1. The Kier molecular flexibility index (Phi) is 5.96. The van der Waals surface area contributed by atoms with E-state index in [0.29, 0.717) is 30.4 Å². The van der Waals surface area contributed by atoms with E-state index < -0.39 is 10.0 Å². The van der Waals surface area contributed by atoms with E-state index in [1.54, 1.807) is 16.1 Å². The first-order valence-corrected chi connectivity index (χ1v) is 10.1. The van der Waals surface area contributed by atoms with Gasteiger partial charge in [-0.3, -0.25) is 0 Å². The summed E-state index contributed by atoms with van der Waals surface area (Å²) in [5, 5.41) is 0. The highest BCUT2D eigenvalue weighted by Crippen LogP contribution is 2.24. The summed E-state index contributed by atoms with van der Waals surface area (Å²) in [7, 11) is -3.13. The van der Waals surface area contributed by atoms with Crippen molar-refractivity contribution in [2.45, 2.75) is 31.1 Å². The first-order chi connectivity index (χ1) is 10.0. The number of hydrogen-bond donors (Lipinski definition) is 1. The van der Waals surface area contributed by atoms with Crippen LogP contribution in [0.2, 0.25) is 0 Å². The minimum Gasteiger partial charge on any atom is -0.399 e. The molecular weight excluding hydrogens is 304 g/mol. The van der Waals surface area contributed by atoms with E-state index in [4.69, 9.17) is 5.73 Å². The monoisotopic (exact) mass is 328 g/mol. The Morgan fingerprint density at radius 2 is 2.24 bits per heavy atom. The molecule has 2 N–H and O–H groups in total. The summed E-state index contributed by atoms with van der Waals surface area (Å²) in [5.74, 6) is 1.29. The molecule has 1 unspecified atom stereocenters. The molecule has 0 aliphatic carbocycles. The zero-order chi connectivity index (χ0) is 15.3. The summed E-state index contributed by atoms with van der Waals surface area (Å²) in [5.41, 5.74) is 6.44. The number of rotatable bonds is 6. The number of nitrogens with two attached hydrogens (primary N) is 1. The standard InChI is InChI=1S/C15H24N2O2S2/c1-2-13-5-4-8-17(12-13)21(18,19)10-9-20-15-7-3-6-14(16)11-15/h3,6-7,11,13H,2,4-5,8-10,12,16H2,1H3. The molecule has 4 nitrogen and oxygen atoms in total. The second-order valence-corrected chi connectivity index (χ2v) is 8.77. The average Bonchev–Trinajstić information content (AvgIpc) is 2.47. The first-order valence-electron chi connectivity index (χ1n) is 7.47. The highest BCUT2D eigenvalue weighted by molar-refractivity contribution is 8.00. The lowest BCUT2D eigenvalue weighted by Gasteiger charge is -2.31. The minimum atomic E-state index is -3.13. The Labute approximate surface area is 132 Å². The molecule has 1 aromatic rings. The molecule has 0 amide bonds. The molecule has 0 spiro atoms. The normalized spacial score (nSPS) is 20.5. The third-order valence-electron chi connectivity index (χ3n) is 3.92. The zero-order valence-electron chi connectivity index (χ0n) is 12.5. The third kappa shape index (κ3) is 4.90. The van der Waals surface area contributed by atoms with Crippen molar-refractivity contribution in [2.24, 2.45) is 5.92 Å². The molecule has 1 atom stereocenters. The van der Waals surface area contributed by atoms with Crippen molar-refractivity contribution < 1.29 is 8.42 Å². The van der Waals surface area contributed by atoms with E-state index in [0.717, 1.165) is 24.2 Å². The van der Waals surface area contributed by atoms with Crippen molar-refractivity contribution in [3.63, 3.8) is 0 Å². The fourth-order valence-electron chi connectivity index (χ4n) is 2.61. The van der Waals surface area contributed by atoms with Crippen LogP contribution < -0.4 is 5.73 Å². The number of nitrogen functional groups attached to an aromatic ring is 1. The second-order valence-electron chi connectivity index (χ2n) is 5.51. The van der Waals surface area contributed by atoms with Crippen molar-refractivity contribution in [3.8, 4) is 0 Å². The van der Waals surface area contributed by atoms with Crippen LogP contribution in [-0.4, -0.2) is 37.3 Å². The maximum absolute atomic E-state index is 12.4. The number of piperidine rings is 1. The molecule has 118 valence electrons. The molecule has 1 aliphatic rings. The second kappa shape index (κ2) is 7.51. The van der Waals surface area contributed by atoms with Gasteiger partial charge in [0.25, 0.3) is 0 Å². The van der Waals surface area contributed by atoms with Crippen LogP contribution in [0.1, 0.15) is 26.2 Å². The van der Waals surface area contributed by atoms with Gasteiger partial charge < -0.3 is 5.73 Å². The molecule has 0 radical (unpaired) electrons. The number of hydrogen-bond acceptors (Lipinski definition) is 4. The lowest BCUT2D eigenvalue weighted by molar-refractivity contribution is 0.262. The van der Waals surface area contributed by atoms with Gasteiger partial charge in [-0.15, -0.1) is 11.8 Å². The Morgan fingerprint density at radius 1 is 1.43 bits per heavy atom. The Morgan fingerprint density at radius 3 is 2.95 bits per heavy atom. The summed E-state index contributed by atoms with van der Waals surface area (Å²) in [6.07, 6.45) is 3.20. The van der Waals surface area contributed by atoms with Crippen LogP contribution in [0.25, 0.3) is 0 Å². The van der Waals surface area contributed by atoms with Crippen LogP contribution in [0.5, 0.6) is 0 Å². The zero-order valence-corrected chi connectivity index (χ0v) is 14.1. The van der Waals surface area contributed by atoms with E-state index in [9.17, 15) is 8.42 Å². The van der Waals surface area contributed by atoms with Crippen LogP contribution in [-0.2, 0) is 10.0 Å². The molecule has 21 heavy (non-hydrogen) atoms. The summed E-state index contributed by atoms with van der Waals surface area (Å²) in [4.78, 5) is 1.02. The summed E-state index contributed by atoms with van der Waals surface area (Å²) >= 11 is 1.55. The first kappa shape index (κ1) is 16.6. The molecule has 1 saturated heterocycles. The highest BCUT2D eigenvalue weighted by atomic mass is 32.2. The summed E-state index contributed by atoms with van der Waals surface area (Å²) in [6, 6.07) is 7.56. The molecule has 2 rings (SSSR count). The lowest BCUT2D eigenvalue weighted by Crippen LogP contribution is -2.41. The predicted molar refractivity (Wildman–Crippen MR) is 90.0 cm³/mol. The van der Waals surface area contributed by atoms with Crippen molar-refractivity contribution in [2.75, 3.05) is 30.3 Å². The minimum absolute atomic E-state index is 0.197. The average molecular weight is 329 g/mol. The third-order valence-corrected chi connectivity index (χ3v) is 7.01. The Hall–Kier alpha value is -0.720. The van der Waals surface area contributed by atoms with Gasteiger partial charge in [0.2, 0.25) is 10.0 Å². The van der Waals surface area contributed by atoms with Crippen molar-refractivity contribution in [1.82, 2.24) is 4.31 Å². The topological polar surface area (TPSA) is 63.4 Å². The molecule has 0 saturated carbocycles. The Balaban J connectivity index is 1.86. The van der Waals surface area contributed by atoms with E-state index in [1.807, 2.05) is 24.3 Å². The number of thioether (sulfide) groups is 1. The van der Waals surface area contributed by atoms with Crippen molar-refractivity contribution >= 4 is 27.5 Å². The highest BCUT2D eigenvalue weighted by Gasteiger charge is 2.27. The number of benzene rings is 1. The maximum Gasteiger partial charge on any atom is 0.214 e. The smallest absolute Gasteiger partial charge is 0.214 e. The van der Waals surface area contributed by atoms with Gasteiger partial charge in [0.1, 0.15) is 0 Å². The Bertz CT molecular complexity index is 561. The van der Waals surface area contributed by atoms with Gasteiger partial charge in [0.15, 0.2) is 0 Å². The molecule has 1 heterocycles. The van der Waals surface area contributed by atoms with Gasteiger partial charge in [-0.05, 0) is 37.0 Å². The number of nitrogens with zero attached hydrogens (tertiary/aromatic N) is 1. The van der Waals surface area contributed by atoms with E-state index in [-0.39, 0.29) is 5.75 Å². The van der Waals surface area contributed by atoms with Gasteiger partial charge in [-0.2, -0.15) is 0 Å². The largest absolute Gasteiger partial charge is 0.399 e. The fourth-order valence-corrected chi connectivity index (χ4v) is 5.52. The van der Waals surface area contributed by atoms with E-state index >= 15 is 0 Å². The molecule has 1 fully saturated rings. The van der Waals surface area contributed by atoms with Crippen LogP contribution in [0.4, 0.5) is 5.69 Å². The van der Waals surface area contributed by atoms with Crippen molar-refractivity contribution in [3.05, 3.63) is 24.3 Å². The van der Waals surface area contributed by atoms with Gasteiger partial charge in [0, 0.05) is 29.4 Å². The van der Waals surface area contributed by atoms with Crippen LogP contribution in [0.15, 0.2) is 29.2 Å². The van der Waals surface area contributed by atoms with Gasteiger partial charge in [0.05, 0.1) is 5.75 Å². The van der Waals surface area contributed by atoms with Crippen LogP contribution >= 0.6 is 11.8 Å². The van der Waals surface area contributed by atoms with Gasteiger partial charge in [-0.25, -0.2) is 12.7 Å². The maximum atomic E-state index is 12.4. The summed E-state index contributed by atoms with van der Waals surface area (Å²) in [6.45, 7) is 3.51. The van der Waals surface area contributed by atoms with Crippen molar-refractivity contribution in [1.29, 1.82) is 0 Å². The predicted octanol–water partition coefficient (Wildman–Crippen LogP) is 2.81. The van der Waals surface area contributed by atoms with Crippen LogP contribution in [0.3, 0.4) is 0 Å². The molecule has 0 aromatic heterocycles. The molecular formula is C15H24N2O2S2. The molecule has 1 aliphatic heterocycles. The number of sulfonamides is 1. The lowest BCUT2D eigenvalue weighted by atomic mass is 9.97. The van der Waals surface area contributed by atoms with Gasteiger partial charge in [-0.1, -0.05) is 19.4 Å². The SMILES string of the molecule is CCC1CCCN(S(=O)(=O)CCSc2cccc(N)c2)C1. The summed E-state index contributed by atoms with van der Waals surface area (Å²) < 4.78 is 26.5. The quantitative estimate of drug-likeness (QED) is 0.644. The van der Waals surface area contributed by atoms with Gasteiger partial charge >= 0.3 is 0 Å². The molecule has 1 aromatic carbocycles. The van der Waals surface area contributed by atoms with Crippen LogP contribution in [0, 0.1) is 5.92 Å². The fraction of sp³-hybridized carbons (Fsp3) is 0.600. The van der Waals surface area contributed by atoms with E-state index in [2.05, 4.69) is 6.92 Å². The van der Waals surface area contributed by atoms with E-state index in [1.165, 1.54) is 0 Å².